The molecule has 0 unspecified atom stereocenters. The fourth-order valence-corrected chi connectivity index (χ4v) is 6.08. The van der Waals surface area contributed by atoms with Crippen LogP contribution in [0.3, 0.4) is 0 Å². The maximum absolute atomic E-state index is 13.2. The first-order chi connectivity index (χ1) is 13.6. The summed E-state index contributed by atoms with van der Waals surface area (Å²) in [7, 11) is 0. The molecule has 2 aromatic carbocycles. The molecular formula is C23H22BrClN2O2. The van der Waals surface area contributed by atoms with Gasteiger partial charge in [-0.25, -0.2) is 4.85 Å². The maximum atomic E-state index is 13.2. The average Bonchev–Trinajstić information content (AvgIpc) is 2.95. The highest BCUT2D eigenvalue weighted by atomic mass is 79.9. The van der Waals surface area contributed by atoms with Crippen molar-refractivity contribution in [3.63, 3.8) is 0 Å². The molecule has 150 valence electrons. The van der Waals surface area contributed by atoms with E-state index in [1.165, 1.54) is 0 Å². The number of rotatable bonds is 3. The Morgan fingerprint density at radius 1 is 1.17 bits per heavy atom. The second-order valence-electron chi connectivity index (χ2n) is 9.00. The molecule has 4 nitrogen and oxygen atoms in total. The predicted octanol–water partition coefficient (Wildman–Crippen LogP) is 6.49. The first-order valence-electron chi connectivity index (χ1n) is 9.50. The van der Waals surface area contributed by atoms with Crippen molar-refractivity contribution in [2.45, 2.75) is 46.4 Å². The van der Waals surface area contributed by atoms with Crippen molar-refractivity contribution < 1.29 is 9.53 Å². The Kier molecular flexibility index (Phi) is 4.72. The van der Waals surface area contributed by atoms with Crippen molar-refractivity contribution in [1.29, 1.82) is 0 Å². The van der Waals surface area contributed by atoms with Gasteiger partial charge >= 0.3 is 0 Å². The molecule has 2 aliphatic rings. The summed E-state index contributed by atoms with van der Waals surface area (Å²) in [5.74, 6) is 0.724. The van der Waals surface area contributed by atoms with Crippen LogP contribution < -0.4 is 4.74 Å². The summed E-state index contributed by atoms with van der Waals surface area (Å²) in [5.41, 5.74) is 1.76. The van der Waals surface area contributed by atoms with E-state index >= 15 is 0 Å². The number of halogens is 2. The highest BCUT2D eigenvalue weighted by Crippen LogP contribution is 2.59. The Balaban J connectivity index is 1.60. The van der Waals surface area contributed by atoms with Crippen LogP contribution in [0.25, 0.3) is 4.85 Å². The molecule has 1 aliphatic heterocycles. The van der Waals surface area contributed by atoms with Gasteiger partial charge in [0.2, 0.25) is 5.69 Å². The van der Waals surface area contributed by atoms with Gasteiger partial charge in [0.1, 0.15) is 11.9 Å². The standard InChI is InChI=1S/C23H22BrClN2O2/c1-22(2)20(27-12-13-6-7-14(24)10-16(13)19(27)28)23(3,4)21(22)29-15-8-9-18(26-5)17(25)11-15/h6-11,20-21H,12H2,1-4H3. The van der Waals surface area contributed by atoms with Gasteiger partial charge in [0.15, 0.2) is 0 Å². The fourth-order valence-electron chi connectivity index (χ4n) is 5.51. The zero-order valence-electron chi connectivity index (χ0n) is 16.8. The van der Waals surface area contributed by atoms with Crippen LogP contribution in [-0.2, 0) is 6.54 Å². The highest BCUT2D eigenvalue weighted by Gasteiger charge is 2.66. The van der Waals surface area contributed by atoms with Crippen LogP contribution in [-0.4, -0.2) is 23.0 Å². The van der Waals surface area contributed by atoms with Gasteiger partial charge in [-0.1, -0.05) is 67.4 Å². The summed E-state index contributed by atoms with van der Waals surface area (Å²) >= 11 is 9.65. The molecule has 1 aliphatic carbocycles. The predicted molar refractivity (Wildman–Crippen MR) is 117 cm³/mol. The monoisotopic (exact) mass is 472 g/mol. The van der Waals surface area contributed by atoms with Crippen LogP contribution in [0.15, 0.2) is 40.9 Å². The van der Waals surface area contributed by atoms with Gasteiger partial charge in [-0.3, -0.25) is 4.79 Å². The smallest absolute Gasteiger partial charge is 0.254 e. The molecule has 6 heteroatoms. The lowest BCUT2D eigenvalue weighted by Gasteiger charge is -2.65. The number of carbonyl (C=O) groups excluding carboxylic acids is 1. The molecule has 2 aromatic rings. The lowest BCUT2D eigenvalue weighted by Crippen LogP contribution is -2.74. The van der Waals surface area contributed by atoms with Crippen molar-refractivity contribution in [2.75, 3.05) is 0 Å². The second kappa shape index (κ2) is 6.75. The molecule has 0 atom stereocenters. The second-order valence-corrected chi connectivity index (χ2v) is 10.3. The molecule has 0 spiro atoms. The van der Waals surface area contributed by atoms with E-state index in [-0.39, 0.29) is 28.9 Å². The summed E-state index contributed by atoms with van der Waals surface area (Å²) in [5, 5.41) is 0.389. The molecule has 1 fully saturated rings. The van der Waals surface area contributed by atoms with E-state index in [1.54, 1.807) is 18.2 Å². The third kappa shape index (κ3) is 3.05. The summed E-state index contributed by atoms with van der Waals surface area (Å²) < 4.78 is 7.27. The molecule has 29 heavy (non-hydrogen) atoms. The maximum Gasteiger partial charge on any atom is 0.254 e. The number of hydrogen-bond acceptors (Lipinski definition) is 2. The number of benzene rings is 2. The zero-order chi connectivity index (χ0) is 21.1. The van der Waals surface area contributed by atoms with Gasteiger partial charge in [0.05, 0.1) is 11.6 Å². The third-order valence-electron chi connectivity index (χ3n) is 6.27. The van der Waals surface area contributed by atoms with Crippen LogP contribution in [0, 0.1) is 17.4 Å². The van der Waals surface area contributed by atoms with Crippen LogP contribution in [0.5, 0.6) is 5.75 Å². The summed E-state index contributed by atoms with van der Waals surface area (Å²) in [6.07, 6.45) is -0.0990. The van der Waals surface area contributed by atoms with Crippen molar-refractivity contribution in [1.82, 2.24) is 4.90 Å². The minimum atomic E-state index is -0.247. The molecule has 4 rings (SSSR count). The van der Waals surface area contributed by atoms with E-state index in [9.17, 15) is 4.79 Å². The molecule has 0 aromatic heterocycles. The minimum absolute atomic E-state index is 0.0386. The number of hydrogen-bond donors (Lipinski definition) is 0. The summed E-state index contributed by atoms with van der Waals surface area (Å²) in [6.45, 7) is 16.4. The molecule has 0 radical (unpaired) electrons. The van der Waals surface area contributed by atoms with Crippen molar-refractivity contribution in [2.24, 2.45) is 10.8 Å². The van der Waals surface area contributed by atoms with Crippen molar-refractivity contribution in [3.8, 4) is 5.75 Å². The normalized spacial score (nSPS) is 23.9. The number of ether oxygens (including phenoxy) is 1. The van der Waals surface area contributed by atoms with Crippen LogP contribution >= 0.6 is 27.5 Å². The van der Waals surface area contributed by atoms with Crippen LogP contribution in [0.4, 0.5) is 5.69 Å². The number of fused-ring (bicyclic) bond motifs is 1. The van der Waals surface area contributed by atoms with Crippen LogP contribution in [0.1, 0.15) is 43.6 Å². The number of amides is 1. The largest absolute Gasteiger partial charge is 0.489 e. The third-order valence-corrected chi connectivity index (χ3v) is 7.07. The molecule has 1 amide bonds. The van der Waals surface area contributed by atoms with Gasteiger partial charge in [-0.2, -0.15) is 0 Å². The number of nitrogens with zero attached hydrogens (tertiary/aromatic N) is 2. The quantitative estimate of drug-likeness (QED) is 0.477. The van der Waals surface area contributed by atoms with Crippen molar-refractivity contribution >= 4 is 39.1 Å². The SMILES string of the molecule is [C-]#[N+]c1ccc(OC2C(C)(C)C(N3Cc4ccc(Br)cc4C3=O)C2(C)C)cc1Cl. The lowest BCUT2D eigenvalue weighted by molar-refractivity contribution is -0.199. The first-order valence-corrected chi connectivity index (χ1v) is 10.7. The van der Waals surface area contributed by atoms with E-state index in [0.29, 0.717) is 23.0 Å². The molecule has 0 N–H and O–H groups in total. The van der Waals surface area contributed by atoms with Gasteiger partial charge in [-0.05, 0) is 29.8 Å². The minimum Gasteiger partial charge on any atom is -0.489 e. The topological polar surface area (TPSA) is 33.9 Å². The molecule has 0 bridgehead atoms. The Hall–Kier alpha value is -2.03. The van der Waals surface area contributed by atoms with Gasteiger partial charge in [0, 0.05) is 33.5 Å². The van der Waals surface area contributed by atoms with Crippen molar-refractivity contribution in [3.05, 3.63) is 68.4 Å². The molecule has 1 saturated carbocycles. The van der Waals surface area contributed by atoms with Gasteiger partial charge in [-0.15, -0.1) is 0 Å². The van der Waals surface area contributed by atoms with E-state index in [1.807, 2.05) is 23.1 Å². The van der Waals surface area contributed by atoms with Crippen LogP contribution in [0.2, 0.25) is 5.02 Å². The molecule has 0 saturated heterocycles. The van der Waals surface area contributed by atoms with E-state index in [2.05, 4.69) is 48.5 Å². The lowest BCUT2D eigenvalue weighted by atomic mass is 9.49. The Bertz CT molecular complexity index is 1040. The van der Waals surface area contributed by atoms with E-state index < -0.39 is 0 Å². The number of carbonyl (C=O) groups is 1. The van der Waals surface area contributed by atoms with E-state index in [0.717, 1.165) is 15.6 Å². The van der Waals surface area contributed by atoms with Gasteiger partial charge in [0.25, 0.3) is 5.91 Å². The average molecular weight is 474 g/mol. The zero-order valence-corrected chi connectivity index (χ0v) is 19.1. The Morgan fingerprint density at radius 2 is 1.86 bits per heavy atom. The fraction of sp³-hybridized carbons (Fsp3) is 0.391. The first kappa shape index (κ1) is 20.3. The summed E-state index contributed by atoms with van der Waals surface area (Å²) in [4.78, 5) is 18.5. The summed E-state index contributed by atoms with van der Waals surface area (Å²) in [6, 6.07) is 11.1. The molecular weight excluding hydrogens is 452 g/mol. The molecule has 1 heterocycles. The van der Waals surface area contributed by atoms with E-state index in [4.69, 9.17) is 22.9 Å². The Morgan fingerprint density at radius 3 is 2.48 bits per heavy atom. The Labute approximate surface area is 184 Å². The highest BCUT2D eigenvalue weighted by molar-refractivity contribution is 9.10. The van der Waals surface area contributed by atoms with Gasteiger partial charge < -0.3 is 9.64 Å².